The van der Waals surface area contributed by atoms with Crippen LogP contribution in [0.3, 0.4) is 0 Å². The maximum absolute atomic E-state index is 12.6. The number of likely N-dealkylation sites (tertiary alicyclic amines) is 1. The molecule has 0 aliphatic carbocycles. The standard InChI is InChI=1S/C23H33N3O4/c1-23(2,3)30-22(29)25-15-13-24(14-16-25)19-11-12-26(17-19)21(28)10-9-20(27)18-7-5-4-6-8-18/h4-8,19H,9-17H2,1-3H3. The Hall–Kier alpha value is -2.41. The lowest BCUT2D eigenvalue weighted by Crippen LogP contribution is -2.53. The van der Waals surface area contributed by atoms with Gasteiger partial charge in [0.05, 0.1) is 0 Å². The molecule has 0 bridgehead atoms. The molecule has 0 spiro atoms. The first-order valence-corrected chi connectivity index (χ1v) is 10.8. The van der Waals surface area contributed by atoms with Crippen molar-refractivity contribution in [3.63, 3.8) is 0 Å². The highest BCUT2D eigenvalue weighted by molar-refractivity contribution is 5.97. The van der Waals surface area contributed by atoms with Gasteiger partial charge >= 0.3 is 6.09 Å². The van der Waals surface area contributed by atoms with E-state index in [0.717, 1.165) is 26.1 Å². The summed E-state index contributed by atoms with van der Waals surface area (Å²) in [6, 6.07) is 9.44. The largest absolute Gasteiger partial charge is 0.444 e. The van der Waals surface area contributed by atoms with E-state index in [4.69, 9.17) is 4.74 Å². The Morgan fingerprint density at radius 1 is 0.933 bits per heavy atom. The number of rotatable bonds is 5. The quantitative estimate of drug-likeness (QED) is 0.692. The molecule has 1 aromatic carbocycles. The van der Waals surface area contributed by atoms with Crippen LogP contribution in [-0.4, -0.2) is 83.4 Å². The van der Waals surface area contributed by atoms with Crippen molar-refractivity contribution in [1.82, 2.24) is 14.7 Å². The summed E-state index contributed by atoms with van der Waals surface area (Å²) >= 11 is 0. The van der Waals surface area contributed by atoms with E-state index >= 15 is 0 Å². The fraction of sp³-hybridized carbons (Fsp3) is 0.609. The summed E-state index contributed by atoms with van der Waals surface area (Å²) in [5.41, 5.74) is 0.176. The van der Waals surface area contributed by atoms with Gasteiger partial charge in [-0.3, -0.25) is 14.5 Å². The maximum atomic E-state index is 12.6. The zero-order valence-corrected chi connectivity index (χ0v) is 18.3. The van der Waals surface area contributed by atoms with Gasteiger partial charge in [0.1, 0.15) is 5.60 Å². The Balaban J connectivity index is 1.41. The third-order valence-corrected chi connectivity index (χ3v) is 5.66. The van der Waals surface area contributed by atoms with Gasteiger partial charge in [0.15, 0.2) is 5.78 Å². The zero-order valence-electron chi connectivity index (χ0n) is 18.3. The summed E-state index contributed by atoms with van der Waals surface area (Å²) in [7, 11) is 0. The molecule has 2 heterocycles. The molecule has 1 aromatic rings. The van der Waals surface area contributed by atoms with Crippen LogP contribution in [0, 0.1) is 0 Å². The van der Waals surface area contributed by atoms with Crippen LogP contribution in [0.1, 0.15) is 50.4 Å². The number of benzene rings is 1. The summed E-state index contributed by atoms with van der Waals surface area (Å²) < 4.78 is 5.45. The lowest BCUT2D eigenvalue weighted by atomic mass is 10.1. The number of piperazine rings is 1. The minimum absolute atomic E-state index is 0.0120. The van der Waals surface area contributed by atoms with Crippen LogP contribution in [0.4, 0.5) is 4.79 Å². The molecule has 0 N–H and O–H groups in total. The van der Waals surface area contributed by atoms with Crippen molar-refractivity contribution in [3.05, 3.63) is 35.9 Å². The van der Waals surface area contributed by atoms with E-state index in [2.05, 4.69) is 4.90 Å². The molecule has 7 heteroatoms. The van der Waals surface area contributed by atoms with Gasteiger partial charge in [-0.25, -0.2) is 4.79 Å². The highest BCUT2D eigenvalue weighted by atomic mass is 16.6. The van der Waals surface area contributed by atoms with E-state index in [9.17, 15) is 14.4 Å². The summed E-state index contributed by atoms with van der Waals surface area (Å²) in [5, 5.41) is 0. The molecule has 2 amide bonds. The zero-order chi connectivity index (χ0) is 21.7. The second-order valence-corrected chi connectivity index (χ2v) is 9.07. The molecule has 2 saturated heterocycles. The number of nitrogens with zero attached hydrogens (tertiary/aromatic N) is 3. The highest BCUT2D eigenvalue weighted by Gasteiger charge is 2.33. The van der Waals surface area contributed by atoms with Crippen molar-refractivity contribution in [2.45, 2.75) is 51.7 Å². The fourth-order valence-electron chi connectivity index (χ4n) is 4.01. The second kappa shape index (κ2) is 9.60. The number of ketones is 1. The van der Waals surface area contributed by atoms with Crippen LogP contribution in [0.15, 0.2) is 30.3 Å². The number of hydrogen-bond acceptors (Lipinski definition) is 5. The predicted molar refractivity (Wildman–Crippen MR) is 114 cm³/mol. The summed E-state index contributed by atoms with van der Waals surface area (Å²) in [4.78, 5) is 43.0. The number of ether oxygens (including phenoxy) is 1. The van der Waals surface area contributed by atoms with Crippen LogP contribution < -0.4 is 0 Å². The monoisotopic (exact) mass is 415 g/mol. The van der Waals surface area contributed by atoms with Crippen LogP contribution in [0.25, 0.3) is 0 Å². The average Bonchev–Trinajstić information content (AvgIpc) is 3.21. The van der Waals surface area contributed by atoms with Crippen molar-refractivity contribution in [3.8, 4) is 0 Å². The second-order valence-electron chi connectivity index (χ2n) is 9.07. The molecular formula is C23H33N3O4. The number of hydrogen-bond donors (Lipinski definition) is 0. The van der Waals surface area contributed by atoms with Crippen molar-refractivity contribution >= 4 is 17.8 Å². The molecule has 2 aliphatic rings. The van der Waals surface area contributed by atoms with Gasteiger partial charge in [-0.1, -0.05) is 30.3 Å². The molecule has 2 aliphatic heterocycles. The van der Waals surface area contributed by atoms with Crippen molar-refractivity contribution in [2.75, 3.05) is 39.3 Å². The molecule has 1 unspecified atom stereocenters. The van der Waals surface area contributed by atoms with E-state index in [1.165, 1.54) is 0 Å². The lowest BCUT2D eigenvalue weighted by Gasteiger charge is -2.38. The first kappa shape index (κ1) is 22.3. The molecule has 2 fully saturated rings. The number of carbonyl (C=O) groups excluding carboxylic acids is 3. The van der Waals surface area contributed by atoms with Crippen molar-refractivity contribution < 1.29 is 19.1 Å². The van der Waals surface area contributed by atoms with Gasteiger partial charge in [0.2, 0.25) is 5.91 Å². The molecular weight excluding hydrogens is 382 g/mol. The minimum Gasteiger partial charge on any atom is -0.444 e. The van der Waals surface area contributed by atoms with Crippen LogP contribution in [-0.2, 0) is 9.53 Å². The van der Waals surface area contributed by atoms with Crippen LogP contribution in [0.2, 0.25) is 0 Å². The molecule has 0 saturated carbocycles. The van der Waals surface area contributed by atoms with E-state index in [1.54, 1.807) is 17.0 Å². The molecule has 30 heavy (non-hydrogen) atoms. The fourth-order valence-corrected chi connectivity index (χ4v) is 4.01. The summed E-state index contributed by atoms with van der Waals surface area (Å²) in [5.74, 6) is 0.0622. The number of carbonyl (C=O) groups is 3. The van der Waals surface area contributed by atoms with E-state index in [0.29, 0.717) is 31.2 Å². The number of amides is 2. The van der Waals surface area contributed by atoms with E-state index in [-0.39, 0.29) is 30.6 Å². The van der Waals surface area contributed by atoms with Crippen LogP contribution in [0.5, 0.6) is 0 Å². The van der Waals surface area contributed by atoms with Crippen molar-refractivity contribution in [1.29, 1.82) is 0 Å². The Labute approximate surface area is 179 Å². The van der Waals surface area contributed by atoms with Gasteiger partial charge in [0, 0.05) is 63.7 Å². The minimum atomic E-state index is -0.484. The Kier molecular flexibility index (Phi) is 7.13. The first-order valence-electron chi connectivity index (χ1n) is 10.8. The van der Waals surface area contributed by atoms with Gasteiger partial charge in [-0.15, -0.1) is 0 Å². The Morgan fingerprint density at radius 3 is 2.23 bits per heavy atom. The number of Topliss-reactive ketones (excluding diaryl/α,β-unsaturated/α-hetero) is 1. The molecule has 0 aromatic heterocycles. The van der Waals surface area contributed by atoms with Gasteiger partial charge in [0.25, 0.3) is 0 Å². The maximum Gasteiger partial charge on any atom is 0.410 e. The van der Waals surface area contributed by atoms with Gasteiger partial charge < -0.3 is 14.5 Å². The van der Waals surface area contributed by atoms with Gasteiger partial charge in [-0.05, 0) is 27.2 Å². The van der Waals surface area contributed by atoms with Crippen molar-refractivity contribution in [2.24, 2.45) is 0 Å². The molecule has 1 atom stereocenters. The Bertz CT molecular complexity index is 751. The predicted octanol–water partition coefficient (Wildman–Crippen LogP) is 2.80. The first-order chi connectivity index (χ1) is 14.2. The Morgan fingerprint density at radius 2 is 1.60 bits per heavy atom. The third kappa shape index (κ3) is 6.05. The lowest BCUT2D eigenvalue weighted by molar-refractivity contribution is -0.130. The third-order valence-electron chi connectivity index (χ3n) is 5.66. The topological polar surface area (TPSA) is 70.2 Å². The SMILES string of the molecule is CC(C)(C)OC(=O)N1CCN(C2CCN(C(=O)CCC(=O)c3ccccc3)C2)CC1. The molecule has 7 nitrogen and oxygen atoms in total. The molecule has 3 rings (SSSR count). The average molecular weight is 416 g/mol. The smallest absolute Gasteiger partial charge is 0.410 e. The summed E-state index contributed by atoms with van der Waals surface area (Å²) in [6.45, 7) is 9.92. The van der Waals surface area contributed by atoms with E-state index in [1.807, 2.05) is 43.9 Å². The molecule has 164 valence electrons. The van der Waals surface area contributed by atoms with E-state index < -0.39 is 5.60 Å². The van der Waals surface area contributed by atoms with Crippen LogP contribution >= 0.6 is 0 Å². The molecule has 0 radical (unpaired) electrons. The highest BCUT2D eigenvalue weighted by Crippen LogP contribution is 2.20. The van der Waals surface area contributed by atoms with Gasteiger partial charge in [-0.2, -0.15) is 0 Å². The normalized spacial score (nSPS) is 20.3. The summed E-state index contributed by atoms with van der Waals surface area (Å²) in [6.07, 6.45) is 1.18.